The number of methoxy groups -OCH3 is 2. The molecule has 0 N–H and O–H groups in total. The van der Waals surface area contributed by atoms with Crippen molar-refractivity contribution in [2.75, 3.05) is 14.2 Å². The predicted octanol–water partition coefficient (Wildman–Crippen LogP) is 3.69. The third-order valence-corrected chi connectivity index (χ3v) is 3.99. The molecule has 0 bridgehead atoms. The molecule has 25 heavy (non-hydrogen) atoms. The summed E-state index contributed by atoms with van der Waals surface area (Å²) >= 11 is 0. The Morgan fingerprint density at radius 2 is 1.64 bits per heavy atom. The van der Waals surface area contributed by atoms with Gasteiger partial charge in [-0.2, -0.15) is 0 Å². The van der Waals surface area contributed by atoms with Gasteiger partial charge in [0.15, 0.2) is 17.3 Å². The number of carbonyl (C=O) groups is 2. The van der Waals surface area contributed by atoms with Gasteiger partial charge in [-0.3, -0.25) is 9.59 Å². The quantitative estimate of drug-likeness (QED) is 0.541. The molecule has 132 valence electrons. The molecular formula is C20H22O5. The largest absolute Gasteiger partial charge is 0.493 e. The van der Waals surface area contributed by atoms with Crippen molar-refractivity contribution < 1.29 is 23.8 Å². The highest BCUT2D eigenvalue weighted by Crippen LogP contribution is 2.41. The fraction of sp³-hybridized carbons (Fsp3) is 0.300. The van der Waals surface area contributed by atoms with Gasteiger partial charge in [0.05, 0.1) is 25.7 Å². The van der Waals surface area contributed by atoms with Crippen LogP contribution in [0.1, 0.15) is 29.8 Å². The van der Waals surface area contributed by atoms with Crippen molar-refractivity contribution in [3.8, 4) is 17.2 Å². The topological polar surface area (TPSA) is 61.8 Å². The zero-order valence-corrected chi connectivity index (χ0v) is 14.9. The van der Waals surface area contributed by atoms with E-state index in [1.807, 2.05) is 30.3 Å². The number of benzene rings is 2. The van der Waals surface area contributed by atoms with Crippen LogP contribution in [-0.4, -0.2) is 25.8 Å². The lowest BCUT2D eigenvalue weighted by Crippen LogP contribution is -2.20. The van der Waals surface area contributed by atoms with E-state index in [9.17, 15) is 9.59 Å². The molecule has 2 rings (SSSR count). The Bertz CT molecular complexity index is 752. The number of carbonyl (C=O) groups excluding carboxylic acids is 2. The standard InChI is InChI=1S/C20H22O5/c1-13(14(2)21)18(22)16-10-11-17(23-3)20(24-4)19(16)25-12-15-8-6-5-7-9-15/h5-11,13H,12H2,1-4H3/t13-/m1/s1. The third kappa shape index (κ3) is 4.18. The Morgan fingerprint density at radius 1 is 0.960 bits per heavy atom. The maximum atomic E-state index is 12.7. The van der Waals surface area contributed by atoms with E-state index in [1.165, 1.54) is 21.1 Å². The van der Waals surface area contributed by atoms with E-state index in [1.54, 1.807) is 19.1 Å². The predicted molar refractivity (Wildman–Crippen MR) is 94.5 cm³/mol. The lowest BCUT2D eigenvalue weighted by atomic mass is 9.95. The van der Waals surface area contributed by atoms with Crippen molar-refractivity contribution in [1.82, 2.24) is 0 Å². The second-order valence-electron chi connectivity index (χ2n) is 5.65. The minimum atomic E-state index is -0.753. The monoisotopic (exact) mass is 342 g/mol. The summed E-state index contributed by atoms with van der Waals surface area (Å²) in [7, 11) is 2.99. The molecule has 0 fully saturated rings. The molecule has 0 spiro atoms. The summed E-state index contributed by atoms with van der Waals surface area (Å²) in [6.45, 7) is 3.25. The molecule has 2 aromatic rings. The van der Waals surface area contributed by atoms with Gasteiger partial charge in [-0.25, -0.2) is 0 Å². The lowest BCUT2D eigenvalue weighted by Gasteiger charge is -2.18. The van der Waals surface area contributed by atoms with Gasteiger partial charge in [-0.1, -0.05) is 30.3 Å². The van der Waals surface area contributed by atoms with Crippen LogP contribution in [0.25, 0.3) is 0 Å². The molecule has 2 aromatic carbocycles. The van der Waals surface area contributed by atoms with E-state index < -0.39 is 5.92 Å². The number of ketones is 2. The van der Waals surface area contributed by atoms with Crippen LogP contribution >= 0.6 is 0 Å². The summed E-state index contributed by atoms with van der Waals surface area (Å²) in [5.74, 6) is -0.191. The van der Waals surface area contributed by atoms with Crippen molar-refractivity contribution in [3.05, 3.63) is 53.6 Å². The number of Topliss-reactive ketones (excluding diaryl/α,β-unsaturated/α-hetero) is 2. The Hall–Kier alpha value is -2.82. The summed E-state index contributed by atoms with van der Waals surface area (Å²) in [6.07, 6.45) is 0. The number of rotatable bonds is 8. The minimum Gasteiger partial charge on any atom is -0.493 e. The fourth-order valence-corrected chi connectivity index (χ4v) is 2.38. The van der Waals surface area contributed by atoms with E-state index >= 15 is 0 Å². The first kappa shape index (κ1) is 18.5. The van der Waals surface area contributed by atoms with Crippen LogP contribution < -0.4 is 14.2 Å². The number of ether oxygens (including phenoxy) is 3. The molecule has 0 radical (unpaired) electrons. The van der Waals surface area contributed by atoms with Gasteiger partial charge < -0.3 is 14.2 Å². The van der Waals surface area contributed by atoms with Crippen molar-refractivity contribution >= 4 is 11.6 Å². The van der Waals surface area contributed by atoms with Crippen LogP contribution in [0.2, 0.25) is 0 Å². The van der Waals surface area contributed by atoms with Gasteiger partial charge in [0.2, 0.25) is 5.75 Å². The normalized spacial score (nSPS) is 11.5. The first-order chi connectivity index (χ1) is 12.0. The molecule has 0 saturated heterocycles. The van der Waals surface area contributed by atoms with Crippen molar-refractivity contribution in [1.29, 1.82) is 0 Å². The van der Waals surface area contributed by atoms with Crippen LogP contribution in [-0.2, 0) is 11.4 Å². The molecule has 0 aliphatic heterocycles. The summed E-state index contributed by atoms with van der Waals surface area (Å²) < 4.78 is 16.6. The number of hydrogen-bond donors (Lipinski definition) is 0. The Labute approximate surface area is 147 Å². The second-order valence-corrected chi connectivity index (χ2v) is 5.65. The third-order valence-electron chi connectivity index (χ3n) is 3.99. The van der Waals surface area contributed by atoms with E-state index in [4.69, 9.17) is 14.2 Å². The molecule has 1 atom stereocenters. The average molecular weight is 342 g/mol. The van der Waals surface area contributed by atoms with E-state index in [2.05, 4.69) is 0 Å². The van der Waals surface area contributed by atoms with E-state index in [0.29, 0.717) is 17.1 Å². The van der Waals surface area contributed by atoms with Crippen molar-refractivity contribution in [2.24, 2.45) is 5.92 Å². The summed E-state index contributed by atoms with van der Waals surface area (Å²) in [5.41, 5.74) is 1.25. The minimum absolute atomic E-state index is 0.200. The zero-order chi connectivity index (χ0) is 18.4. The molecule has 0 heterocycles. The van der Waals surface area contributed by atoms with Crippen LogP contribution in [0, 0.1) is 5.92 Å². The van der Waals surface area contributed by atoms with Gasteiger partial charge in [0, 0.05) is 0 Å². The van der Waals surface area contributed by atoms with Crippen molar-refractivity contribution in [3.63, 3.8) is 0 Å². The number of hydrogen-bond acceptors (Lipinski definition) is 5. The molecule has 0 amide bonds. The second kappa shape index (κ2) is 8.33. The van der Waals surface area contributed by atoms with Gasteiger partial charge >= 0.3 is 0 Å². The lowest BCUT2D eigenvalue weighted by molar-refractivity contribution is -0.118. The molecule has 5 heteroatoms. The molecular weight excluding hydrogens is 320 g/mol. The fourth-order valence-electron chi connectivity index (χ4n) is 2.38. The van der Waals surface area contributed by atoms with Crippen LogP contribution in [0.5, 0.6) is 17.2 Å². The van der Waals surface area contributed by atoms with Gasteiger partial charge in [-0.15, -0.1) is 0 Å². The Kier molecular flexibility index (Phi) is 6.17. The molecule has 5 nitrogen and oxygen atoms in total. The van der Waals surface area contributed by atoms with Gasteiger partial charge in [0.1, 0.15) is 12.4 Å². The van der Waals surface area contributed by atoms with Crippen LogP contribution in [0.4, 0.5) is 0 Å². The average Bonchev–Trinajstić information content (AvgIpc) is 2.64. The highest BCUT2D eigenvalue weighted by Gasteiger charge is 2.26. The maximum absolute atomic E-state index is 12.7. The molecule has 0 aliphatic rings. The van der Waals surface area contributed by atoms with Crippen molar-refractivity contribution in [2.45, 2.75) is 20.5 Å². The van der Waals surface area contributed by atoms with Crippen LogP contribution in [0.3, 0.4) is 0 Å². The SMILES string of the molecule is COc1ccc(C(=O)[C@H](C)C(C)=O)c(OCc2ccccc2)c1OC. The Balaban J connectivity index is 2.44. The first-order valence-corrected chi connectivity index (χ1v) is 7.96. The highest BCUT2D eigenvalue weighted by atomic mass is 16.5. The highest BCUT2D eigenvalue weighted by molar-refractivity contribution is 6.11. The van der Waals surface area contributed by atoms with E-state index in [0.717, 1.165) is 5.56 Å². The smallest absolute Gasteiger partial charge is 0.204 e. The molecule has 0 aliphatic carbocycles. The molecule has 0 saturated carbocycles. The first-order valence-electron chi connectivity index (χ1n) is 7.96. The summed E-state index contributed by atoms with van der Waals surface area (Å²) in [5, 5.41) is 0. The van der Waals surface area contributed by atoms with Gasteiger partial charge in [-0.05, 0) is 31.5 Å². The molecule has 0 unspecified atom stereocenters. The summed E-state index contributed by atoms with van der Waals surface area (Å²) in [6, 6.07) is 12.8. The zero-order valence-electron chi connectivity index (χ0n) is 14.9. The molecule has 0 aromatic heterocycles. The van der Waals surface area contributed by atoms with E-state index in [-0.39, 0.29) is 23.9 Å². The summed E-state index contributed by atoms with van der Waals surface area (Å²) in [4.78, 5) is 24.3. The Morgan fingerprint density at radius 3 is 2.20 bits per heavy atom. The van der Waals surface area contributed by atoms with Gasteiger partial charge in [0.25, 0.3) is 0 Å². The van der Waals surface area contributed by atoms with Crippen LogP contribution in [0.15, 0.2) is 42.5 Å². The maximum Gasteiger partial charge on any atom is 0.204 e.